The second-order valence-electron chi connectivity index (χ2n) is 21.1. The number of nitrogens with one attached hydrogen (secondary N) is 2. The number of carboxylic acid groups (broad SMARTS) is 2. The molecule has 0 aromatic rings. The van der Waals surface area contributed by atoms with E-state index in [2.05, 4.69) is 64.7 Å². The predicted octanol–water partition coefficient (Wildman–Crippen LogP) is -2.93. The molecule has 5 aliphatic rings. The quantitative estimate of drug-likeness (QED) is 0.00725. The fourth-order valence-electron chi connectivity index (χ4n) is 11.2. The lowest BCUT2D eigenvalue weighted by Crippen LogP contribution is -2.77. The van der Waals surface area contributed by atoms with E-state index in [4.69, 9.17) is 94.6 Å². The lowest BCUT2D eigenvalue weighted by Gasteiger charge is -2.58. The maximum atomic E-state index is 14.0. The number of likely N-dealkylation sites (N-methyl/N-ethyl adjacent to an activating group) is 1. The second kappa shape index (κ2) is 40.0. The molecular formula is C41H73N3O49S8. The van der Waals surface area contributed by atoms with Gasteiger partial charge in [0.1, 0.15) is 138 Å². The Morgan fingerprint density at radius 2 is 1.20 bits per heavy atom. The van der Waals surface area contributed by atoms with Crippen LogP contribution in [-0.2, 0) is 175 Å². The molecule has 5 rings (SSSR count). The normalized spacial score (nSPS) is 42.1. The summed E-state index contributed by atoms with van der Waals surface area (Å²) in [6, 6.07) is -5.82. The first kappa shape index (κ1) is 83.9. The Labute approximate surface area is 598 Å². The van der Waals surface area contributed by atoms with Crippen LogP contribution in [0.2, 0.25) is 0 Å². The van der Waals surface area contributed by atoms with Crippen molar-refractivity contribution in [3.8, 4) is 0 Å². The molecule has 5 fully saturated rings. The van der Waals surface area contributed by atoms with E-state index in [1.807, 2.05) is 0 Å². The standard InChI is InChI=1S/C41H73N3O49S8/c1-14(82-100(59,60)61)25-41(5,80-37-30(67-9)38(2,50)28(22(75-37)31(46)47)77-36-23(44(6)96-91-86-53)39(3,69-11)26(66-8)16(73-36)12-70-97-92-87-54)27(81-98-93-88-55)18(43-95-90-85-52)34(76-25)79-40(4)24(45)21(83-101(62,63)64)35(78-29(40)32(48)49)74-19-15(13-71-99(56,57)58)72-33(68-10)17(20(19)65-7)42-94-89-84-51/h14-30,33-37,42-43,45,50-55H,12-13H2,1-11H3,(H,46,47)(H,48,49)(H,56,57,58)(H,59,60,61)(H,62,63,64)/t14?,15-,16-,17?,18?,19+,20?,21?,22+,23?,24-,25?,26+,27+,28+,29?,30?,33-,34+,35+,36+,37-,38?,39?,40-,41+/m0/s1/i21D,24D,29D,35D. The monoisotopic (exact) mass is 1650 g/mol. The Morgan fingerprint density at radius 1 is 0.614 bits per heavy atom. The molecule has 101 heavy (non-hydrogen) atoms. The molecule has 60 heteroatoms. The summed E-state index contributed by atoms with van der Waals surface area (Å²) in [6.07, 6.45) is -53.7. The number of hydrogen-bond acceptors (Lipinski definition) is 52. The van der Waals surface area contributed by atoms with Crippen LogP contribution in [0, 0.1) is 0 Å². The van der Waals surface area contributed by atoms with Crippen LogP contribution in [0.4, 0.5) is 0 Å². The summed E-state index contributed by atoms with van der Waals surface area (Å²) in [6.45, 7) is 1.75. The molecular weight excluding hydrogens is 1570 g/mol. The third kappa shape index (κ3) is 23.0. The van der Waals surface area contributed by atoms with Gasteiger partial charge in [-0.3, -0.25) is 22.0 Å². The number of hydrogen-bond donors (Lipinski definition) is 14. The smallest absolute Gasteiger partial charge is 0.397 e. The Bertz CT molecular complexity index is 3140. The van der Waals surface area contributed by atoms with Gasteiger partial charge in [-0.1, -0.05) is 25.2 Å². The minimum atomic E-state index is -6.60. The van der Waals surface area contributed by atoms with Crippen molar-refractivity contribution in [1.82, 2.24) is 13.7 Å². The predicted molar refractivity (Wildman–Crippen MR) is 313 cm³/mol. The molecule has 5 aliphatic heterocycles. The number of methoxy groups -OCH3 is 5. The zero-order valence-corrected chi connectivity index (χ0v) is 59.5. The molecule has 0 aromatic carbocycles. The van der Waals surface area contributed by atoms with E-state index < -0.39 is 226 Å². The summed E-state index contributed by atoms with van der Waals surface area (Å²) < 4.78 is 279. The second-order valence-corrected chi connectivity index (χ2v) is 27.1. The summed E-state index contributed by atoms with van der Waals surface area (Å²) in [4.78, 5) is 27.7. The highest BCUT2D eigenvalue weighted by molar-refractivity contribution is 7.93. The molecule has 0 aromatic heterocycles. The first-order valence-electron chi connectivity index (χ1n) is 29.0. The number of carbonyl (C=O) groups is 2. The number of carboxylic acids is 2. The highest BCUT2D eigenvalue weighted by Gasteiger charge is 2.69. The zero-order valence-electron chi connectivity index (χ0n) is 57.0. The van der Waals surface area contributed by atoms with Gasteiger partial charge in [-0.2, -0.15) is 25.3 Å². The van der Waals surface area contributed by atoms with Crippen LogP contribution in [-0.4, -0.2) is 315 Å². The van der Waals surface area contributed by atoms with E-state index in [1.54, 1.807) is 0 Å². The number of aliphatic carboxylic acids is 2. The Morgan fingerprint density at radius 3 is 1.72 bits per heavy atom. The van der Waals surface area contributed by atoms with Crippen molar-refractivity contribution < 1.29 is 235 Å². The van der Waals surface area contributed by atoms with Gasteiger partial charge in [0.25, 0.3) is 0 Å². The van der Waals surface area contributed by atoms with Crippen LogP contribution in [0.1, 0.15) is 40.1 Å². The van der Waals surface area contributed by atoms with E-state index in [0.29, 0.717) is 6.92 Å². The van der Waals surface area contributed by atoms with Gasteiger partial charge < -0.3 is 86.7 Å². The van der Waals surface area contributed by atoms with Crippen LogP contribution < -0.4 is 9.44 Å². The van der Waals surface area contributed by atoms with Gasteiger partial charge in [0.2, 0.25) is 0 Å². The van der Waals surface area contributed by atoms with E-state index in [9.17, 15) is 84.9 Å². The van der Waals surface area contributed by atoms with Crippen molar-refractivity contribution in [2.24, 2.45) is 0 Å². The maximum absolute atomic E-state index is 14.0. The molecule has 26 atom stereocenters. The third-order valence-electron chi connectivity index (χ3n) is 15.2. The van der Waals surface area contributed by atoms with Crippen molar-refractivity contribution in [3.05, 3.63) is 0 Å². The topological polar surface area (TPSA) is 674 Å². The van der Waals surface area contributed by atoms with Crippen LogP contribution in [0.3, 0.4) is 0 Å². The third-order valence-corrected chi connectivity index (χ3v) is 18.9. The number of rotatable bonds is 44. The Kier molecular flexibility index (Phi) is 33.2. The molecule has 0 spiro atoms. The van der Waals surface area contributed by atoms with Crippen LogP contribution in [0.25, 0.3) is 0 Å². The maximum Gasteiger partial charge on any atom is 0.397 e. The van der Waals surface area contributed by atoms with Gasteiger partial charge >= 0.3 is 43.1 Å². The molecule has 14 N–H and O–H groups in total. The fourth-order valence-corrected chi connectivity index (χ4v) is 14.4. The summed E-state index contributed by atoms with van der Waals surface area (Å²) in [5.41, 5.74) is -12.2. The van der Waals surface area contributed by atoms with Crippen molar-refractivity contribution >= 4 is 104 Å². The summed E-state index contributed by atoms with van der Waals surface area (Å²) in [5.74, 6) is -4.94. The van der Waals surface area contributed by atoms with Gasteiger partial charge in [-0.25, -0.2) is 62.2 Å². The molecule has 52 nitrogen and oxygen atoms in total. The first-order chi connectivity index (χ1) is 48.7. The molecule has 0 saturated carbocycles. The lowest BCUT2D eigenvalue weighted by molar-refractivity contribution is -0.437. The minimum absolute atomic E-state index is 0.0238. The summed E-state index contributed by atoms with van der Waals surface area (Å²) in [7, 11) is -11.8. The number of nitrogens with zero attached hydrogens (tertiary/aromatic N) is 1. The van der Waals surface area contributed by atoms with Crippen LogP contribution >= 0.6 is 61.3 Å². The van der Waals surface area contributed by atoms with Gasteiger partial charge in [0.05, 0.1) is 24.7 Å². The summed E-state index contributed by atoms with van der Waals surface area (Å²) >= 11 is -0.516. The Hall–Kier alpha value is -1.14. The van der Waals surface area contributed by atoms with Gasteiger partial charge in [0, 0.05) is 42.6 Å². The van der Waals surface area contributed by atoms with Crippen LogP contribution in [0.5, 0.6) is 0 Å². The number of aliphatic hydroxyl groups is 2. The van der Waals surface area contributed by atoms with Gasteiger partial charge in [-0.05, 0) is 34.6 Å². The minimum Gasteiger partial charge on any atom is -0.479 e. The van der Waals surface area contributed by atoms with E-state index in [-0.39, 0.29) is 55.9 Å². The fraction of sp³-hybridized carbons (Fsp3) is 0.951. The van der Waals surface area contributed by atoms with Crippen molar-refractivity contribution in [1.29, 1.82) is 0 Å². The van der Waals surface area contributed by atoms with Crippen molar-refractivity contribution in [3.63, 3.8) is 0 Å². The first-order valence-corrected chi connectivity index (χ1v) is 34.6. The molecule has 5 heterocycles. The highest BCUT2D eigenvalue weighted by Crippen LogP contribution is 2.49. The SMILES string of the molecule is [2H]C1(OS(=O)(=O)O)[C@]([2H])(O[C@H]2C(OC)C(NSOOO)[C@@H](OC)O[C@H]2COS(=O)(=O)O)OC([2H])(C(=O)O)[C@@](C)(O[C@H]2OC(C(C)OS(=O)(=O)O)[C@@](C)(O[C@@H]3O[C@@H](C(=O)O)[C@@H](O[C@H]4O[C@@H](COSOOO)[C@@H](OC)C(C)(OC)C4N(C)SOOO)C(C)(O)C3OC)[C@H](OSOOO)C2NSOOO)[C@@]1([2H])O. The number of ether oxygens (including phenoxy) is 14. The summed E-state index contributed by atoms with van der Waals surface area (Å²) in [5, 5.41) is 111. The molecule has 0 aliphatic carbocycles. The van der Waals surface area contributed by atoms with Crippen molar-refractivity contribution in [2.45, 2.75) is 192 Å². The van der Waals surface area contributed by atoms with E-state index in [1.165, 1.54) is 28.2 Å². The molecule has 0 amide bonds. The van der Waals surface area contributed by atoms with Gasteiger partial charge in [0.15, 0.2) is 74.3 Å². The molecule has 594 valence electrons. The zero-order chi connectivity index (χ0) is 79.5. The Balaban J connectivity index is 1.77. The molecule has 0 radical (unpaired) electrons. The van der Waals surface area contributed by atoms with Gasteiger partial charge in [-0.15, -0.1) is 21.7 Å². The average Bonchev–Trinajstić information content (AvgIpc) is 0.716. The lowest BCUT2D eigenvalue weighted by atomic mass is 9.80. The average molecular weight is 1650 g/mol. The largest absolute Gasteiger partial charge is 0.479 e. The molecule has 5 saturated heterocycles. The van der Waals surface area contributed by atoms with Crippen molar-refractivity contribution in [2.75, 3.05) is 55.8 Å². The van der Waals surface area contributed by atoms with E-state index >= 15 is 0 Å². The molecule has 0 bridgehead atoms. The van der Waals surface area contributed by atoms with Crippen LogP contribution in [0.15, 0.2) is 0 Å². The molecule has 11 unspecified atom stereocenters. The highest BCUT2D eigenvalue weighted by atomic mass is 32.3. The van der Waals surface area contributed by atoms with E-state index in [0.717, 1.165) is 39.5 Å².